The molecule has 3 aromatic rings. The SMILES string of the molecule is COc1ccc(C2(C(=O)N3CCC[C@H](Cc4cccc5ncccc45)CC3)CCOCC2)cc1. The first-order valence-corrected chi connectivity index (χ1v) is 12.5. The van der Waals surface area contributed by atoms with Crippen LogP contribution in [-0.2, 0) is 21.4 Å². The van der Waals surface area contributed by atoms with E-state index >= 15 is 0 Å². The van der Waals surface area contributed by atoms with Crippen LogP contribution in [0.25, 0.3) is 10.9 Å². The van der Waals surface area contributed by atoms with E-state index in [9.17, 15) is 4.79 Å². The lowest BCUT2D eigenvalue weighted by atomic mass is 9.73. The number of ether oxygens (including phenoxy) is 2. The Hall–Kier alpha value is -2.92. The number of pyridine rings is 1. The van der Waals surface area contributed by atoms with E-state index in [1.807, 2.05) is 24.4 Å². The number of nitrogens with zero attached hydrogens (tertiary/aromatic N) is 2. The maximum atomic E-state index is 14.1. The van der Waals surface area contributed by atoms with Gasteiger partial charge in [0, 0.05) is 37.9 Å². The molecule has 2 aliphatic rings. The highest BCUT2D eigenvalue weighted by molar-refractivity contribution is 5.88. The molecule has 0 radical (unpaired) electrons. The van der Waals surface area contributed by atoms with Gasteiger partial charge in [0.15, 0.2) is 0 Å². The van der Waals surface area contributed by atoms with Crippen molar-refractivity contribution < 1.29 is 14.3 Å². The fraction of sp³-hybridized carbons (Fsp3) is 0.448. The van der Waals surface area contributed by atoms with Crippen molar-refractivity contribution in [2.24, 2.45) is 5.92 Å². The maximum Gasteiger partial charge on any atom is 0.233 e. The van der Waals surface area contributed by atoms with Crippen LogP contribution in [-0.4, -0.2) is 49.2 Å². The standard InChI is InChI=1S/C29H34N2O3/c1-33-25-11-9-24(10-12-25)29(14-19-34-20-15-29)28(32)31-17-4-5-22(13-18-31)21-23-6-2-8-27-26(23)7-3-16-30-27/h2-3,6-12,16,22H,4-5,13-15,17-21H2,1H3/t22-/m0/s1. The van der Waals surface area contributed by atoms with E-state index < -0.39 is 5.41 Å². The van der Waals surface area contributed by atoms with E-state index in [1.165, 1.54) is 10.9 Å². The van der Waals surface area contributed by atoms with Gasteiger partial charge in [-0.2, -0.15) is 0 Å². The lowest BCUT2D eigenvalue weighted by Crippen LogP contribution is -2.50. The van der Waals surface area contributed by atoms with Gasteiger partial charge in [-0.15, -0.1) is 0 Å². The third-order valence-corrected chi connectivity index (χ3v) is 7.78. The van der Waals surface area contributed by atoms with Crippen molar-refractivity contribution in [3.63, 3.8) is 0 Å². The molecule has 34 heavy (non-hydrogen) atoms. The minimum atomic E-state index is -0.494. The Labute approximate surface area is 202 Å². The van der Waals surface area contributed by atoms with Crippen molar-refractivity contribution in [2.75, 3.05) is 33.4 Å². The molecule has 2 fully saturated rings. The zero-order valence-electron chi connectivity index (χ0n) is 20.0. The van der Waals surface area contributed by atoms with Gasteiger partial charge >= 0.3 is 0 Å². The van der Waals surface area contributed by atoms with Crippen LogP contribution in [0.2, 0.25) is 0 Å². The average molecular weight is 459 g/mol. The van der Waals surface area contributed by atoms with Crippen LogP contribution < -0.4 is 4.74 Å². The Morgan fingerprint density at radius 2 is 1.88 bits per heavy atom. The number of methoxy groups -OCH3 is 1. The fourth-order valence-electron chi connectivity index (χ4n) is 5.79. The van der Waals surface area contributed by atoms with E-state index in [-0.39, 0.29) is 5.91 Å². The summed E-state index contributed by atoms with van der Waals surface area (Å²) < 4.78 is 11.0. The van der Waals surface area contributed by atoms with Crippen molar-refractivity contribution >= 4 is 16.8 Å². The summed E-state index contributed by atoms with van der Waals surface area (Å²) in [6, 6.07) is 18.7. The number of carbonyl (C=O) groups excluding carboxylic acids is 1. The summed E-state index contributed by atoms with van der Waals surface area (Å²) in [6.07, 6.45) is 7.62. The second-order valence-electron chi connectivity index (χ2n) is 9.70. The van der Waals surface area contributed by atoms with Crippen molar-refractivity contribution in [3.8, 4) is 5.75 Å². The molecular weight excluding hydrogens is 424 g/mol. The zero-order chi connectivity index (χ0) is 23.4. The fourth-order valence-corrected chi connectivity index (χ4v) is 5.79. The molecule has 0 unspecified atom stereocenters. The number of aromatic nitrogens is 1. The van der Waals surface area contributed by atoms with Gasteiger partial charge in [-0.1, -0.05) is 30.3 Å². The highest BCUT2D eigenvalue weighted by atomic mass is 16.5. The molecule has 2 aromatic carbocycles. The molecule has 5 heteroatoms. The topological polar surface area (TPSA) is 51.7 Å². The Balaban J connectivity index is 1.32. The largest absolute Gasteiger partial charge is 0.497 e. The molecule has 2 saturated heterocycles. The van der Waals surface area contributed by atoms with Gasteiger partial charge in [-0.3, -0.25) is 9.78 Å². The molecule has 0 bridgehead atoms. The molecule has 1 aromatic heterocycles. The van der Waals surface area contributed by atoms with E-state index in [1.54, 1.807) is 7.11 Å². The Morgan fingerprint density at radius 1 is 1.06 bits per heavy atom. The van der Waals surface area contributed by atoms with Crippen molar-refractivity contribution in [2.45, 2.75) is 43.9 Å². The Kier molecular flexibility index (Phi) is 6.82. The summed E-state index contributed by atoms with van der Waals surface area (Å²) in [5.41, 5.74) is 3.03. The van der Waals surface area contributed by atoms with Crippen molar-refractivity contribution in [1.82, 2.24) is 9.88 Å². The number of amides is 1. The smallest absolute Gasteiger partial charge is 0.233 e. The molecule has 0 spiro atoms. The number of benzene rings is 2. The third-order valence-electron chi connectivity index (χ3n) is 7.78. The average Bonchev–Trinajstić information content (AvgIpc) is 3.14. The number of fused-ring (bicyclic) bond motifs is 1. The molecule has 1 amide bonds. The first-order valence-electron chi connectivity index (χ1n) is 12.5. The van der Waals surface area contributed by atoms with Gasteiger partial charge < -0.3 is 14.4 Å². The van der Waals surface area contributed by atoms with Crippen LogP contribution >= 0.6 is 0 Å². The van der Waals surface area contributed by atoms with Gasteiger partial charge in [-0.05, 0) is 79.8 Å². The summed E-state index contributed by atoms with van der Waals surface area (Å²) in [5, 5.41) is 1.25. The third kappa shape index (κ3) is 4.54. The molecule has 3 heterocycles. The van der Waals surface area contributed by atoms with Crippen molar-refractivity contribution in [1.29, 1.82) is 0 Å². The quantitative estimate of drug-likeness (QED) is 0.530. The van der Waals surface area contributed by atoms with E-state index in [0.717, 1.165) is 68.4 Å². The van der Waals surface area contributed by atoms with Gasteiger partial charge in [-0.25, -0.2) is 0 Å². The minimum Gasteiger partial charge on any atom is -0.497 e. The van der Waals surface area contributed by atoms with Gasteiger partial charge in [0.25, 0.3) is 0 Å². The van der Waals surface area contributed by atoms with E-state index in [0.29, 0.717) is 19.1 Å². The summed E-state index contributed by atoms with van der Waals surface area (Å²) >= 11 is 0. The summed E-state index contributed by atoms with van der Waals surface area (Å²) in [5.74, 6) is 1.67. The van der Waals surface area contributed by atoms with Crippen LogP contribution in [0.5, 0.6) is 5.75 Å². The number of likely N-dealkylation sites (tertiary alicyclic amines) is 1. The molecule has 2 aliphatic heterocycles. The Morgan fingerprint density at radius 3 is 2.68 bits per heavy atom. The summed E-state index contributed by atoms with van der Waals surface area (Å²) in [6.45, 7) is 2.92. The molecule has 0 aliphatic carbocycles. The predicted molar refractivity (Wildman–Crippen MR) is 134 cm³/mol. The summed E-state index contributed by atoms with van der Waals surface area (Å²) in [7, 11) is 1.67. The first kappa shape index (κ1) is 22.9. The number of hydrogen-bond acceptors (Lipinski definition) is 4. The van der Waals surface area contributed by atoms with E-state index in [2.05, 4.69) is 46.3 Å². The molecule has 178 valence electrons. The first-order chi connectivity index (χ1) is 16.7. The predicted octanol–water partition coefficient (Wildman–Crippen LogP) is 5.16. The zero-order valence-corrected chi connectivity index (χ0v) is 20.0. The lowest BCUT2D eigenvalue weighted by Gasteiger charge is -2.40. The van der Waals surface area contributed by atoms with Crippen LogP contribution in [0, 0.1) is 5.92 Å². The number of rotatable bonds is 5. The van der Waals surface area contributed by atoms with Crippen LogP contribution in [0.15, 0.2) is 60.8 Å². The molecule has 0 N–H and O–H groups in total. The van der Waals surface area contributed by atoms with Crippen LogP contribution in [0.1, 0.15) is 43.2 Å². The highest BCUT2D eigenvalue weighted by Crippen LogP contribution is 2.38. The second kappa shape index (κ2) is 10.1. The highest BCUT2D eigenvalue weighted by Gasteiger charge is 2.44. The number of carbonyl (C=O) groups is 1. The Bertz CT molecular complexity index is 1120. The normalized spacial score (nSPS) is 20.6. The molecule has 0 saturated carbocycles. The molecule has 5 nitrogen and oxygen atoms in total. The monoisotopic (exact) mass is 458 g/mol. The maximum absolute atomic E-state index is 14.1. The van der Waals surface area contributed by atoms with Crippen molar-refractivity contribution in [3.05, 3.63) is 71.9 Å². The van der Waals surface area contributed by atoms with Gasteiger partial charge in [0.05, 0.1) is 18.0 Å². The molecule has 5 rings (SSSR count). The van der Waals surface area contributed by atoms with E-state index in [4.69, 9.17) is 9.47 Å². The number of hydrogen-bond donors (Lipinski definition) is 0. The van der Waals surface area contributed by atoms with Gasteiger partial charge in [0.2, 0.25) is 5.91 Å². The second-order valence-corrected chi connectivity index (χ2v) is 9.70. The lowest BCUT2D eigenvalue weighted by molar-refractivity contribution is -0.141. The molecule has 1 atom stereocenters. The summed E-state index contributed by atoms with van der Waals surface area (Å²) in [4.78, 5) is 20.7. The van der Waals surface area contributed by atoms with Crippen LogP contribution in [0.4, 0.5) is 0 Å². The molecular formula is C29H34N2O3. The van der Waals surface area contributed by atoms with Gasteiger partial charge in [0.1, 0.15) is 5.75 Å². The van der Waals surface area contributed by atoms with Crippen LogP contribution in [0.3, 0.4) is 0 Å². The minimum absolute atomic E-state index is 0.274.